The molecule has 2 radical (unpaired) electrons. The minimum Gasteiger partial charge on any atom is -0.547 e. The molecule has 0 aromatic carbocycles. The second kappa shape index (κ2) is 7.30. The molecule has 68 valence electrons. The van der Waals surface area contributed by atoms with E-state index >= 15 is 0 Å². The summed E-state index contributed by atoms with van der Waals surface area (Å²) in [4.78, 5) is 19.3. The second-order valence-corrected chi connectivity index (χ2v) is 1.53. The van der Waals surface area contributed by atoms with E-state index in [2.05, 4.69) is 0 Å². The normalized spacial score (nSPS) is 13.2. The molecule has 7 nitrogen and oxygen atoms in total. The first-order valence-electron chi connectivity index (χ1n) is 2.24. The molecular formula is C4H6O7Sb+. The van der Waals surface area contributed by atoms with E-state index in [9.17, 15) is 19.8 Å². The third kappa shape index (κ3) is 5.31. The molecule has 0 aliphatic heterocycles. The Balaban J connectivity index is -0.000000405. The van der Waals surface area contributed by atoms with Gasteiger partial charge in [0.1, 0.15) is 12.2 Å². The largest absolute Gasteiger partial charge is 3.00 e. The van der Waals surface area contributed by atoms with Crippen LogP contribution in [0.5, 0.6) is 0 Å². The Hall–Kier alpha value is -0.362. The summed E-state index contributed by atoms with van der Waals surface area (Å²) in [5.41, 5.74) is 0. The molecule has 0 aliphatic carbocycles. The number of hydrogen-bond acceptors (Lipinski definition) is 6. The molecule has 0 bridgehead atoms. The summed E-state index contributed by atoms with van der Waals surface area (Å²) in [5, 5.41) is 35.7. The molecule has 8 heteroatoms. The maximum atomic E-state index is 9.63. The molecule has 2 atom stereocenters. The van der Waals surface area contributed by atoms with Gasteiger partial charge >= 0.3 is 24.4 Å². The van der Waals surface area contributed by atoms with Crippen LogP contribution < -0.4 is 10.2 Å². The van der Waals surface area contributed by atoms with Crippen LogP contribution in [-0.2, 0) is 9.59 Å². The van der Waals surface area contributed by atoms with Crippen molar-refractivity contribution in [3.63, 3.8) is 0 Å². The maximum absolute atomic E-state index is 9.63. The van der Waals surface area contributed by atoms with Crippen LogP contribution >= 0.6 is 0 Å². The van der Waals surface area contributed by atoms with Crippen molar-refractivity contribution in [2.24, 2.45) is 0 Å². The van der Waals surface area contributed by atoms with Gasteiger partial charge in [0.05, 0.1) is 11.9 Å². The zero-order valence-corrected chi connectivity index (χ0v) is 8.18. The van der Waals surface area contributed by atoms with Crippen LogP contribution in [-0.4, -0.2) is 64.3 Å². The van der Waals surface area contributed by atoms with Gasteiger partial charge in [0.15, 0.2) is 0 Å². The van der Waals surface area contributed by atoms with Crippen molar-refractivity contribution in [2.75, 3.05) is 0 Å². The molecular weight excluding hydrogens is 282 g/mol. The number of carboxylic acids is 2. The van der Waals surface area contributed by atoms with Crippen LogP contribution in [0.15, 0.2) is 0 Å². The van der Waals surface area contributed by atoms with Crippen LogP contribution in [0.25, 0.3) is 0 Å². The molecule has 0 saturated carbocycles. The molecule has 0 heterocycles. The molecule has 12 heavy (non-hydrogen) atoms. The maximum Gasteiger partial charge on any atom is 3.00 e. The molecule has 0 fully saturated rings. The minimum absolute atomic E-state index is 0. The van der Waals surface area contributed by atoms with Crippen molar-refractivity contribution < 1.29 is 35.5 Å². The standard InChI is InChI=1S/C4H6O6.H2O.Sb/c5-1(3(7)8)2(6)4(9)10;;/h1-2,5-6H,(H,7,8)(H,9,10);1H2;/q;;+3/p-2. The van der Waals surface area contributed by atoms with Gasteiger partial charge in [-0.15, -0.1) is 0 Å². The number of aliphatic hydroxyl groups excluding tert-OH is 2. The van der Waals surface area contributed by atoms with Crippen LogP contribution in [0.1, 0.15) is 0 Å². The third-order valence-corrected chi connectivity index (χ3v) is 0.782. The number of carboxylic acid groups (broad SMARTS) is 2. The summed E-state index contributed by atoms with van der Waals surface area (Å²) in [6.45, 7) is 0. The first-order valence-corrected chi connectivity index (χ1v) is 2.24. The van der Waals surface area contributed by atoms with Crippen molar-refractivity contribution in [2.45, 2.75) is 12.2 Å². The summed E-state index contributed by atoms with van der Waals surface area (Å²) < 4.78 is 0. The molecule has 4 N–H and O–H groups in total. The number of aliphatic hydroxyl groups is 2. The van der Waals surface area contributed by atoms with Crippen LogP contribution in [0.2, 0.25) is 0 Å². The quantitative estimate of drug-likeness (QED) is 0.493. The van der Waals surface area contributed by atoms with E-state index in [1.807, 2.05) is 0 Å². The van der Waals surface area contributed by atoms with Crippen LogP contribution in [0, 0.1) is 0 Å². The molecule has 0 saturated heterocycles. The molecule has 0 spiro atoms. The van der Waals surface area contributed by atoms with E-state index < -0.39 is 24.1 Å². The van der Waals surface area contributed by atoms with Gasteiger partial charge in [0.2, 0.25) is 0 Å². The van der Waals surface area contributed by atoms with Crippen LogP contribution in [0.3, 0.4) is 0 Å². The van der Waals surface area contributed by atoms with Gasteiger partial charge < -0.3 is 35.5 Å². The predicted octanol–water partition coefficient (Wildman–Crippen LogP) is -6.00. The number of carbonyl (C=O) groups excluding carboxylic acids is 2. The monoisotopic (exact) mass is 287 g/mol. The summed E-state index contributed by atoms with van der Waals surface area (Å²) >= 11 is 0. The summed E-state index contributed by atoms with van der Waals surface area (Å²) in [6, 6.07) is 0. The van der Waals surface area contributed by atoms with Crippen molar-refractivity contribution in [3.8, 4) is 0 Å². The molecule has 0 aromatic heterocycles. The number of hydrogen-bond donors (Lipinski definition) is 2. The summed E-state index contributed by atoms with van der Waals surface area (Å²) in [6.07, 6.45) is -4.88. The first kappa shape index (κ1) is 17.7. The predicted molar refractivity (Wildman–Crippen MR) is 31.4 cm³/mol. The Morgan fingerprint density at radius 1 is 1.00 bits per heavy atom. The fourth-order valence-corrected chi connectivity index (χ4v) is 0.258. The van der Waals surface area contributed by atoms with Gasteiger partial charge in [-0.25, -0.2) is 0 Å². The number of carbonyl (C=O) groups is 2. The second-order valence-electron chi connectivity index (χ2n) is 1.53. The molecule has 0 amide bonds. The van der Waals surface area contributed by atoms with E-state index in [0.717, 1.165) is 0 Å². The average molecular weight is 288 g/mol. The van der Waals surface area contributed by atoms with Crippen molar-refractivity contribution >= 4 is 36.4 Å². The van der Waals surface area contributed by atoms with Crippen molar-refractivity contribution in [1.82, 2.24) is 0 Å². The Morgan fingerprint density at radius 3 is 1.25 bits per heavy atom. The molecule has 2 unspecified atom stereocenters. The van der Waals surface area contributed by atoms with Crippen LogP contribution in [0.4, 0.5) is 0 Å². The van der Waals surface area contributed by atoms with Crippen molar-refractivity contribution in [3.05, 3.63) is 0 Å². The summed E-state index contributed by atoms with van der Waals surface area (Å²) in [5.74, 6) is -4.12. The summed E-state index contributed by atoms with van der Waals surface area (Å²) in [7, 11) is 0. The fourth-order valence-electron chi connectivity index (χ4n) is 0.258. The van der Waals surface area contributed by atoms with E-state index in [1.54, 1.807) is 0 Å². The van der Waals surface area contributed by atoms with Gasteiger partial charge in [-0.1, -0.05) is 0 Å². The Bertz CT molecular complexity index is 139. The Labute approximate surface area is 84.4 Å². The smallest absolute Gasteiger partial charge is 0.547 e. The van der Waals surface area contributed by atoms with E-state index in [4.69, 9.17) is 10.2 Å². The number of rotatable bonds is 3. The fraction of sp³-hybridized carbons (Fsp3) is 0.500. The Kier molecular flexibility index (Phi) is 10.7. The zero-order chi connectivity index (χ0) is 8.31. The van der Waals surface area contributed by atoms with Gasteiger partial charge in [-0.3, -0.25) is 0 Å². The Morgan fingerprint density at radius 2 is 1.17 bits per heavy atom. The SMILES string of the molecule is O.O=C([O-])C(O)C(O)C(=O)[O-].[Sb+3]. The zero-order valence-electron chi connectivity index (χ0n) is 5.63. The first-order chi connectivity index (χ1) is 4.46. The van der Waals surface area contributed by atoms with E-state index in [1.165, 1.54) is 0 Å². The van der Waals surface area contributed by atoms with Gasteiger partial charge in [0.25, 0.3) is 0 Å². The number of aliphatic carboxylic acids is 2. The minimum atomic E-state index is -2.44. The van der Waals surface area contributed by atoms with E-state index in [-0.39, 0.29) is 29.9 Å². The van der Waals surface area contributed by atoms with E-state index in [0.29, 0.717) is 0 Å². The molecule has 0 aromatic rings. The average Bonchev–Trinajstić information content (AvgIpc) is 1.84. The topological polar surface area (TPSA) is 152 Å². The van der Waals surface area contributed by atoms with Gasteiger partial charge in [0, 0.05) is 0 Å². The molecule has 0 aliphatic rings. The van der Waals surface area contributed by atoms with Gasteiger partial charge in [-0.2, -0.15) is 0 Å². The molecule has 0 rings (SSSR count). The van der Waals surface area contributed by atoms with Crippen molar-refractivity contribution in [1.29, 1.82) is 0 Å². The van der Waals surface area contributed by atoms with Gasteiger partial charge in [-0.05, 0) is 0 Å². The third-order valence-electron chi connectivity index (χ3n) is 0.782.